The minimum Gasteiger partial charge on any atom is -0.297 e. The molecule has 1 aromatic rings. The highest BCUT2D eigenvalue weighted by molar-refractivity contribution is 6.31. The van der Waals surface area contributed by atoms with E-state index < -0.39 is 0 Å². The van der Waals surface area contributed by atoms with Gasteiger partial charge in [0.05, 0.1) is 6.21 Å². The molecule has 0 unspecified atom stereocenters. The first-order chi connectivity index (χ1) is 7.75. The van der Waals surface area contributed by atoms with Crippen molar-refractivity contribution in [3.63, 3.8) is 0 Å². The second kappa shape index (κ2) is 5.35. The average molecular weight is 237 g/mol. The molecule has 0 amide bonds. The van der Waals surface area contributed by atoms with Crippen LogP contribution in [0.5, 0.6) is 0 Å². The molecule has 1 fully saturated rings. The number of piperidine rings is 1. The Bertz CT molecular complexity index is 382. The molecule has 1 saturated heterocycles. The van der Waals surface area contributed by atoms with Crippen molar-refractivity contribution in [2.45, 2.75) is 26.2 Å². The van der Waals surface area contributed by atoms with Crippen molar-refractivity contribution >= 4 is 17.8 Å². The molecule has 1 heterocycles. The molecule has 16 heavy (non-hydrogen) atoms. The number of nitrogens with zero attached hydrogens (tertiary/aromatic N) is 2. The highest BCUT2D eigenvalue weighted by Crippen LogP contribution is 2.16. The van der Waals surface area contributed by atoms with Crippen LogP contribution in [0.1, 0.15) is 30.4 Å². The van der Waals surface area contributed by atoms with Crippen molar-refractivity contribution in [2.75, 3.05) is 13.1 Å². The molecular weight excluding hydrogens is 220 g/mol. The van der Waals surface area contributed by atoms with Gasteiger partial charge in [-0.05, 0) is 43.4 Å². The lowest BCUT2D eigenvalue weighted by Gasteiger charge is -2.23. The van der Waals surface area contributed by atoms with Crippen LogP contribution in [0.25, 0.3) is 0 Å². The molecule has 1 aromatic carbocycles. The van der Waals surface area contributed by atoms with Crippen LogP contribution in [-0.4, -0.2) is 24.3 Å². The Morgan fingerprint density at radius 2 is 2.00 bits per heavy atom. The molecule has 86 valence electrons. The van der Waals surface area contributed by atoms with Crippen LogP contribution in [0, 0.1) is 6.92 Å². The Kier molecular flexibility index (Phi) is 3.83. The number of aryl methyl sites for hydroxylation is 1. The van der Waals surface area contributed by atoms with E-state index in [9.17, 15) is 0 Å². The molecule has 0 bridgehead atoms. The van der Waals surface area contributed by atoms with Crippen LogP contribution in [0.15, 0.2) is 23.3 Å². The van der Waals surface area contributed by atoms with E-state index in [-0.39, 0.29) is 0 Å². The molecule has 0 aliphatic carbocycles. The Balaban J connectivity index is 2.02. The maximum absolute atomic E-state index is 6.06. The third-order valence-corrected chi connectivity index (χ3v) is 3.31. The molecule has 0 radical (unpaired) electrons. The molecule has 3 heteroatoms. The molecule has 2 nitrogen and oxygen atoms in total. The van der Waals surface area contributed by atoms with Gasteiger partial charge in [-0.15, -0.1) is 0 Å². The van der Waals surface area contributed by atoms with Gasteiger partial charge in [0.15, 0.2) is 0 Å². The maximum Gasteiger partial charge on any atom is 0.0543 e. The van der Waals surface area contributed by atoms with Crippen LogP contribution in [0.3, 0.4) is 0 Å². The summed E-state index contributed by atoms with van der Waals surface area (Å²) in [5, 5.41) is 7.42. The smallest absolute Gasteiger partial charge is 0.0543 e. The SMILES string of the molecule is Cc1ccc(C=NN2CCCCC2)cc1Cl. The molecule has 0 spiro atoms. The lowest BCUT2D eigenvalue weighted by molar-refractivity contribution is 0.240. The van der Waals surface area contributed by atoms with Crippen LogP contribution >= 0.6 is 11.6 Å². The summed E-state index contributed by atoms with van der Waals surface area (Å²) in [7, 11) is 0. The minimum absolute atomic E-state index is 0.808. The first-order valence-corrected chi connectivity index (χ1v) is 6.18. The summed E-state index contributed by atoms with van der Waals surface area (Å²) in [6, 6.07) is 6.04. The molecule has 2 rings (SSSR count). The zero-order valence-corrected chi connectivity index (χ0v) is 10.4. The normalized spacial score (nSPS) is 17.0. The van der Waals surface area contributed by atoms with E-state index in [1.54, 1.807) is 0 Å². The number of rotatable bonds is 2. The third kappa shape index (κ3) is 2.99. The molecule has 0 saturated carbocycles. The van der Waals surface area contributed by atoms with E-state index >= 15 is 0 Å². The standard InChI is InChI=1S/C13H17ClN2/c1-11-5-6-12(9-13(11)14)10-15-16-7-3-2-4-8-16/h5-6,9-10H,2-4,7-8H2,1H3. The van der Waals surface area contributed by atoms with Gasteiger partial charge in [-0.2, -0.15) is 5.10 Å². The fourth-order valence-electron chi connectivity index (χ4n) is 1.83. The van der Waals surface area contributed by atoms with Crippen molar-refractivity contribution in [3.05, 3.63) is 34.3 Å². The Morgan fingerprint density at radius 3 is 2.69 bits per heavy atom. The van der Waals surface area contributed by atoms with Gasteiger partial charge in [-0.1, -0.05) is 23.7 Å². The van der Waals surface area contributed by atoms with Gasteiger partial charge >= 0.3 is 0 Å². The predicted octanol–water partition coefficient (Wildman–Crippen LogP) is 3.47. The van der Waals surface area contributed by atoms with E-state index in [1.165, 1.54) is 19.3 Å². The molecular formula is C13H17ClN2. The van der Waals surface area contributed by atoms with Gasteiger partial charge in [-0.3, -0.25) is 5.01 Å². The van der Waals surface area contributed by atoms with Gasteiger partial charge in [0.1, 0.15) is 0 Å². The lowest BCUT2D eigenvalue weighted by atomic mass is 10.1. The first-order valence-electron chi connectivity index (χ1n) is 5.81. The summed E-state index contributed by atoms with van der Waals surface area (Å²) in [6.07, 6.45) is 5.75. The number of hydrogen-bond acceptors (Lipinski definition) is 2. The van der Waals surface area contributed by atoms with Gasteiger partial charge in [-0.25, -0.2) is 0 Å². The second-order valence-corrected chi connectivity index (χ2v) is 4.67. The maximum atomic E-state index is 6.06. The van der Waals surface area contributed by atoms with Crippen molar-refractivity contribution in [3.8, 4) is 0 Å². The minimum atomic E-state index is 0.808. The fourth-order valence-corrected chi connectivity index (χ4v) is 2.02. The van der Waals surface area contributed by atoms with E-state index in [1.807, 2.05) is 25.3 Å². The topological polar surface area (TPSA) is 15.6 Å². The monoisotopic (exact) mass is 236 g/mol. The van der Waals surface area contributed by atoms with Crippen LogP contribution < -0.4 is 0 Å². The summed E-state index contributed by atoms with van der Waals surface area (Å²) >= 11 is 6.06. The van der Waals surface area contributed by atoms with Crippen LogP contribution in [0.4, 0.5) is 0 Å². The number of benzene rings is 1. The third-order valence-electron chi connectivity index (χ3n) is 2.90. The molecule has 0 aromatic heterocycles. The van der Waals surface area contributed by atoms with Crippen LogP contribution in [-0.2, 0) is 0 Å². The quantitative estimate of drug-likeness (QED) is 0.718. The summed E-state index contributed by atoms with van der Waals surface area (Å²) in [5.74, 6) is 0. The van der Waals surface area contributed by atoms with E-state index in [0.29, 0.717) is 0 Å². The number of halogens is 1. The highest BCUT2D eigenvalue weighted by Gasteiger charge is 2.06. The van der Waals surface area contributed by atoms with Gasteiger partial charge in [0.25, 0.3) is 0 Å². The molecule has 0 atom stereocenters. The zero-order valence-electron chi connectivity index (χ0n) is 9.62. The summed E-state index contributed by atoms with van der Waals surface area (Å²) in [4.78, 5) is 0. The summed E-state index contributed by atoms with van der Waals surface area (Å²) < 4.78 is 0. The fraction of sp³-hybridized carbons (Fsp3) is 0.462. The Labute approximate surface area is 102 Å². The van der Waals surface area contributed by atoms with Crippen LogP contribution in [0.2, 0.25) is 5.02 Å². The van der Waals surface area contributed by atoms with Crippen molar-refractivity contribution < 1.29 is 0 Å². The lowest BCUT2D eigenvalue weighted by Crippen LogP contribution is -2.24. The van der Waals surface area contributed by atoms with Gasteiger partial charge in [0, 0.05) is 18.1 Å². The largest absolute Gasteiger partial charge is 0.297 e. The van der Waals surface area contributed by atoms with Gasteiger partial charge in [0.2, 0.25) is 0 Å². The Hall–Kier alpha value is -1.02. The first kappa shape index (κ1) is 11.5. The van der Waals surface area contributed by atoms with E-state index in [0.717, 1.165) is 29.2 Å². The number of hydrogen-bond donors (Lipinski definition) is 0. The van der Waals surface area contributed by atoms with Gasteiger partial charge < -0.3 is 0 Å². The molecule has 0 N–H and O–H groups in total. The van der Waals surface area contributed by atoms with E-state index in [4.69, 9.17) is 11.6 Å². The highest BCUT2D eigenvalue weighted by atomic mass is 35.5. The van der Waals surface area contributed by atoms with Crippen molar-refractivity contribution in [1.29, 1.82) is 0 Å². The Morgan fingerprint density at radius 1 is 1.25 bits per heavy atom. The predicted molar refractivity (Wildman–Crippen MR) is 69.2 cm³/mol. The average Bonchev–Trinajstić information content (AvgIpc) is 2.32. The molecule has 1 aliphatic rings. The van der Waals surface area contributed by atoms with Crippen molar-refractivity contribution in [1.82, 2.24) is 5.01 Å². The number of hydrazone groups is 1. The second-order valence-electron chi connectivity index (χ2n) is 4.27. The van der Waals surface area contributed by atoms with E-state index in [2.05, 4.69) is 16.2 Å². The van der Waals surface area contributed by atoms with Crippen molar-refractivity contribution in [2.24, 2.45) is 5.10 Å². The summed E-state index contributed by atoms with van der Waals surface area (Å²) in [5.41, 5.74) is 2.18. The zero-order chi connectivity index (χ0) is 11.4. The summed E-state index contributed by atoms with van der Waals surface area (Å²) in [6.45, 7) is 4.17. The molecule has 1 aliphatic heterocycles.